The summed E-state index contributed by atoms with van der Waals surface area (Å²) in [7, 11) is 2.11. The summed E-state index contributed by atoms with van der Waals surface area (Å²) in [5, 5.41) is 0. The number of likely N-dealkylation sites (N-methyl/N-ethyl adjacent to an activating group) is 1. The highest BCUT2D eigenvalue weighted by atomic mass is 16.5. The van der Waals surface area contributed by atoms with Crippen molar-refractivity contribution in [3.8, 4) is 5.75 Å². The maximum absolute atomic E-state index is 6.32. The number of nitrogens with zero attached hydrogens (tertiary/aromatic N) is 1. The molecule has 0 aromatic heterocycles. The van der Waals surface area contributed by atoms with Crippen molar-refractivity contribution in [1.29, 1.82) is 0 Å². The van der Waals surface area contributed by atoms with Gasteiger partial charge in [-0.25, -0.2) is 0 Å². The summed E-state index contributed by atoms with van der Waals surface area (Å²) < 4.78 is 12.2. The van der Waals surface area contributed by atoms with E-state index in [1.54, 1.807) is 0 Å². The second-order valence-electron chi connectivity index (χ2n) is 7.03. The highest BCUT2D eigenvalue weighted by Crippen LogP contribution is 2.25. The van der Waals surface area contributed by atoms with Crippen LogP contribution in [0.5, 0.6) is 5.75 Å². The van der Waals surface area contributed by atoms with Gasteiger partial charge in [-0.3, -0.25) is 4.90 Å². The molecule has 3 heteroatoms. The number of ether oxygens (including phenoxy) is 2. The normalized spacial score (nSPS) is 12.3. The van der Waals surface area contributed by atoms with E-state index < -0.39 is 0 Å². The van der Waals surface area contributed by atoms with Gasteiger partial charge in [-0.05, 0) is 37.2 Å². The van der Waals surface area contributed by atoms with Gasteiger partial charge >= 0.3 is 0 Å². The number of para-hydroxylation sites is 1. The molecule has 0 aliphatic carbocycles. The first kappa shape index (κ1) is 20.1. The van der Waals surface area contributed by atoms with Crippen LogP contribution < -0.4 is 4.74 Å². The third-order valence-electron chi connectivity index (χ3n) is 4.92. The monoisotopic (exact) mass is 375 g/mol. The molecule has 0 radical (unpaired) electrons. The summed E-state index contributed by atoms with van der Waals surface area (Å²) in [6, 6.07) is 31.1. The van der Waals surface area contributed by atoms with Gasteiger partial charge in [0.05, 0.1) is 6.61 Å². The molecule has 0 fully saturated rings. The summed E-state index contributed by atoms with van der Waals surface area (Å²) in [5.41, 5.74) is 2.36. The van der Waals surface area contributed by atoms with Gasteiger partial charge in [0.2, 0.25) is 0 Å². The highest BCUT2D eigenvalue weighted by molar-refractivity contribution is 5.29. The third-order valence-corrected chi connectivity index (χ3v) is 4.92. The molecule has 0 aliphatic rings. The van der Waals surface area contributed by atoms with Crippen molar-refractivity contribution >= 4 is 0 Å². The van der Waals surface area contributed by atoms with Crippen molar-refractivity contribution in [2.24, 2.45) is 0 Å². The smallest absolute Gasteiger partial charge is 0.119 e. The first-order valence-corrected chi connectivity index (χ1v) is 9.83. The largest absolute Gasteiger partial charge is 0.492 e. The van der Waals surface area contributed by atoms with Gasteiger partial charge in [-0.15, -0.1) is 0 Å². The molecular weight excluding hydrogens is 346 g/mol. The van der Waals surface area contributed by atoms with Crippen molar-refractivity contribution in [3.05, 3.63) is 102 Å². The fourth-order valence-corrected chi connectivity index (χ4v) is 3.04. The van der Waals surface area contributed by atoms with Crippen LogP contribution in [0.15, 0.2) is 91.0 Å². The molecule has 1 atom stereocenters. The summed E-state index contributed by atoms with van der Waals surface area (Å²) in [5.74, 6) is 0.909. The second kappa shape index (κ2) is 10.6. The van der Waals surface area contributed by atoms with Crippen LogP contribution in [-0.2, 0) is 4.74 Å². The van der Waals surface area contributed by atoms with Crippen molar-refractivity contribution in [2.45, 2.75) is 19.1 Å². The van der Waals surface area contributed by atoms with Crippen LogP contribution in [0, 0.1) is 0 Å². The van der Waals surface area contributed by atoms with Crippen LogP contribution in [-0.4, -0.2) is 37.7 Å². The van der Waals surface area contributed by atoms with E-state index in [-0.39, 0.29) is 6.10 Å². The molecule has 146 valence electrons. The van der Waals surface area contributed by atoms with Gasteiger partial charge < -0.3 is 9.47 Å². The van der Waals surface area contributed by atoms with Gasteiger partial charge in [0, 0.05) is 12.6 Å². The molecular formula is C25H29NO2. The number of hydrogen-bond donors (Lipinski definition) is 0. The second-order valence-corrected chi connectivity index (χ2v) is 7.03. The van der Waals surface area contributed by atoms with Gasteiger partial charge in [-0.2, -0.15) is 0 Å². The lowest BCUT2D eigenvalue weighted by molar-refractivity contribution is 0.0526. The zero-order valence-corrected chi connectivity index (χ0v) is 16.7. The average Bonchev–Trinajstić information content (AvgIpc) is 2.77. The molecule has 3 aromatic carbocycles. The predicted molar refractivity (Wildman–Crippen MR) is 115 cm³/mol. The van der Waals surface area contributed by atoms with Crippen molar-refractivity contribution in [3.63, 3.8) is 0 Å². The molecule has 0 saturated carbocycles. The molecule has 0 bridgehead atoms. The minimum absolute atomic E-state index is 0.0494. The Hall–Kier alpha value is -2.62. The van der Waals surface area contributed by atoms with Crippen molar-refractivity contribution in [2.75, 3.05) is 26.8 Å². The van der Waals surface area contributed by atoms with Crippen LogP contribution in [0.1, 0.15) is 24.2 Å². The predicted octanol–water partition coefficient (Wildman–Crippen LogP) is 5.19. The Bertz CT molecular complexity index is 753. The van der Waals surface area contributed by atoms with Crippen molar-refractivity contribution < 1.29 is 9.47 Å². The number of hydrogen-bond acceptors (Lipinski definition) is 3. The standard InChI is InChI=1S/C25H29NO2/c1-21(20-28-24-16-10-5-11-17-24)26(2)18-19-27-25(22-12-6-3-7-13-22)23-14-8-4-9-15-23/h3-17,21,25H,18-20H2,1-2H3/t21-/m0/s1. The van der Waals surface area contributed by atoms with E-state index in [1.807, 2.05) is 42.5 Å². The molecule has 0 saturated heterocycles. The van der Waals surface area contributed by atoms with Crippen LogP contribution in [0.25, 0.3) is 0 Å². The van der Waals surface area contributed by atoms with Gasteiger partial charge in [0.1, 0.15) is 18.5 Å². The molecule has 3 rings (SSSR count). The zero-order valence-electron chi connectivity index (χ0n) is 16.7. The van der Waals surface area contributed by atoms with Crippen LogP contribution >= 0.6 is 0 Å². The zero-order chi connectivity index (χ0) is 19.6. The van der Waals surface area contributed by atoms with E-state index >= 15 is 0 Å². The molecule has 0 aliphatic heterocycles. The third kappa shape index (κ3) is 5.95. The topological polar surface area (TPSA) is 21.7 Å². The minimum Gasteiger partial charge on any atom is -0.492 e. The van der Waals surface area contributed by atoms with E-state index in [9.17, 15) is 0 Å². The fraction of sp³-hybridized carbons (Fsp3) is 0.280. The highest BCUT2D eigenvalue weighted by Gasteiger charge is 2.16. The molecule has 0 unspecified atom stereocenters. The lowest BCUT2D eigenvalue weighted by Crippen LogP contribution is -2.36. The van der Waals surface area contributed by atoms with Gasteiger partial charge in [0.15, 0.2) is 0 Å². The first-order valence-electron chi connectivity index (χ1n) is 9.83. The quantitative estimate of drug-likeness (QED) is 0.487. The summed E-state index contributed by atoms with van der Waals surface area (Å²) in [6.07, 6.45) is -0.0494. The van der Waals surface area contributed by atoms with Crippen LogP contribution in [0.3, 0.4) is 0 Å². The molecule has 3 nitrogen and oxygen atoms in total. The van der Waals surface area contributed by atoms with Crippen molar-refractivity contribution in [1.82, 2.24) is 4.90 Å². The van der Waals surface area contributed by atoms with Crippen LogP contribution in [0.2, 0.25) is 0 Å². The molecule has 0 amide bonds. The summed E-state index contributed by atoms with van der Waals surface area (Å²) in [6.45, 7) is 4.33. The van der Waals surface area contributed by atoms with E-state index in [2.05, 4.69) is 67.4 Å². The Morgan fingerprint density at radius 3 is 1.79 bits per heavy atom. The molecule has 28 heavy (non-hydrogen) atoms. The Labute approximate surface area is 168 Å². The maximum Gasteiger partial charge on any atom is 0.119 e. The molecule has 0 N–H and O–H groups in total. The van der Waals surface area contributed by atoms with Crippen LogP contribution in [0.4, 0.5) is 0 Å². The summed E-state index contributed by atoms with van der Waals surface area (Å²) in [4.78, 5) is 2.27. The van der Waals surface area contributed by atoms with Gasteiger partial charge in [0.25, 0.3) is 0 Å². The Balaban J connectivity index is 1.52. The molecule has 0 spiro atoms. The van der Waals surface area contributed by atoms with E-state index in [1.165, 1.54) is 11.1 Å². The van der Waals surface area contributed by atoms with E-state index in [0.717, 1.165) is 12.3 Å². The fourth-order valence-electron chi connectivity index (χ4n) is 3.04. The molecule has 3 aromatic rings. The SMILES string of the molecule is C[C@@H](COc1ccccc1)N(C)CCOC(c1ccccc1)c1ccccc1. The van der Waals surface area contributed by atoms with E-state index in [4.69, 9.17) is 9.47 Å². The Kier molecular flexibility index (Phi) is 7.65. The Morgan fingerprint density at radius 1 is 0.750 bits per heavy atom. The first-order chi connectivity index (χ1) is 13.7. The van der Waals surface area contributed by atoms with E-state index in [0.29, 0.717) is 19.3 Å². The number of benzene rings is 3. The summed E-state index contributed by atoms with van der Waals surface area (Å²) >= 11 is 0. The number of rotatable bonds is 10. The van der Waals surface area contributed by atoms with Gasteiger partial charge in [-0.1, -0.05) is 78.9 Å². The molecule has 0 heterocycles. The minimum atomic E-state index is -0.0494. The Morgan fingerprint density at radius 2 is 1.25 bits per heavy atom. The lowest BCUT2D eigenvalue weighted by Gasteiger charge is -2.26. The maximum atomic E-state index is 6.32. The lowest BCUT2D eigenvalue weighted by atomic mass is 10.0. The average molecular weight is 376 g/mol.